The predicted molar refractivity (Wildman–Crippen MR) is 113 cm³/mol. The number of carbonyl (C=O) groups is 2. The van der Waals surface area contributed by atoms with E-state index in [0.29, 0.717) is 38.8 Å². The van der Waals surface area contributed by atoms with Gasteiger partial charge in [-0.15, -0.1) is 0 Å². The first-order valence-corrected chi connectivity index (χ1v) is 12.2. The van der Waals surface area contributed by atoms with E-state index in [1.165, 1.54) is 11.4 Å². The molecule has 2 fully saturated rings. The fraction of sp³-hybridized carbons (Fsp3) is 0.619. The monoisotopic (exact) mass is 491 g/mol. The molecule has 1 aliphatic carbocycles. The minimum absolute atomic E-state index is 0.0923. The van der Waals surface area contributed by atoms with Gasteiger partial charge >= 0.3 is 12.3 Å². The largest absolute Gasteiger partial charge is 0.465 e. The third kappa shape index (κ3) is 5.67. The topological polar surface area (TPSA) is 107 Å². The molecule has 1 aliphatic heterocycles. The maximum Gasteiger partial charge on any atom is 0.416 e. The maximum absolute atomic E-state index is 13.0. The molecular formula is C21H28F3N3O5S. The average Bonchev–Trinajstić information content (AvgIpc) is 3.35. The van der Waals surface area contributed by atoms with E-state index in [0.717, 1.165) is 42.0 Å². The van der Waals surface area contributed by atoms with Gasteiger partial charge in [0.25, 0.3) is 0 Å². The van der Waals surface area contributed by atoms with Crippen LogP contribution in [0.3, 0.4) is 0 Å². The van der Waals surface area contributed by atoms with Crippen molar-refractivity contribution in [3.05, 3.63) is 29.8 Å². The van der Waals surface area contributed by atoms with Gasteiger partial charge in [0.1, 0.15) is 6.29 Å². The summed E-state index contributed by atoms with van der Waals surface area (Å²) in [5.74, 6) is 0.269. The first-order chi connectivity index (χ1) is 15.4. The highest BCUT2D eigenvalue weighted by molar-refractivity contribution is 7.89. The Kier molecular flexibility index (Phi) is 7.69. The highest BCUT2D eigenvalue weighted by atomic mass is 32.2. The molecule has 2 N–H and O–H groups in total. The number of nitrogens with zero attached hydrogens (tertiary/aromatic N) is 2. The number of carbonyl (C=O) groups excluding carboxylic acids is 1. The summed E-state index contributed by atoms with van der Waals surface area (Å²) in [4.78, 5) is 22.9. The molecule has 12 heteroatoms. The summed E-state index contributed by atoms with van der Waals surface area (Å²) in [6.07, 6.45) is -2.38. The fourth-order valence-electron chi connectivity index (χ4n) is 4.73. The van der Waals surface area contributed by atoms with E-state index >= 15 is 0 Å². The van der Waals surface area contributed by atoms with E-state index in [2.05, 4.69) is 5.32 Å². The molecule has 1 heterocycles. The third-order valence-corrected chi connectivity index (χ3v) is 8.53. The smallest absolute Gasteiger partial charge is 0.416 e. The standard InChI is InChI=1S/C21H28F3N3O5S/c1-26(20(29)30)16(13-28)3-2-10-25-19-9-4-14-11-27(12-18(14)19)33(31,32)17-7-5-15(6-8-17)21(22,23)24/h5-8,13-14,16,18-19,25H,2-4,9-12H2,1H3,(H,29,30)/t14-,16-,18+,19-/m0/s1. The van der Waals surface area contributed by atoms with Crippen LogP contribution in [0.5, 0.6) is 0 Å². The summed E-state index contributed by atoms with van der Waals surface area (Å²) in [6.45, 7) is 1.20. The fourth-order valence-corrected chi connectivity index (χ4v) is 6.27. The lowest BCUT2D eigenvalue weighted by atomic mass is 9.97. The van der Waals surface area contributed by atoms with E-state index < -0.39 is 33.9 Å². The molecule has 184 valence electrons. The van der Waals surface area contributed by atoms with Crippen molar-refractivity contribution in [3.63, 3.8) is 0 Å². The second-order valence-electron chi connectivity index (χ2n) is 8.65. The number of aldehydes is 1. The molecule has 1 aromatic rings. The Hall–Kier alpha value is -2.18. The Morgan fingerprint density at radius 2 is 1.94 bits per heavy atom. The number of benzene rings is 1. The number of rotatable bonds is 9. The number of sulfonamides is 1. The molecule has 3 rings (SSSR count). The van der Waals surface area contributed by atoms with Crippen LogP contribution in [-0.4, -0.2) is 73.9 Å². The van der Waals surface area contributed by atoms with Crippen molar-refractivity contribution in [2.75, 3.05) is 26.7 Å². The SMILES string of the molecule is CN(C(=O)O)[C@H](C=O)CCCN[C@H]1CC[C@H]2CN(S(=O)(=O)c3ccc(C(F)(F)F)cc3)C[C@H]21. The summed E-state index contributed by atoms with van der Waals surface area (Å²) >= 11 is 0. The number of carboxylic acid groups (broad SMARTS) is 1. The first-order valence-electron chi connectivity index (χ1n) is 10.8. The van der Waals surface area contributed by atoms with Crippen LogP contribution in [0.4, 0.5) is 18.0 Å². The van der Waals surface area contributed by atoms with Crippen LogP contribution in [0.1, 0.15) is 31.2 Å². The maximum atomic E-state index is 13.0. The predicted octanol–water partition coefficient (Wildman–Crippen LogP) is 2.65. The molecule has 0 bridgehead atoms. The van der Waals surface area contributed by atoms with Crippen molar-refractivity contribution in [2.45, 2.75) is 48.8 Å². The number of hydrogen-bond acceptors (Lipinski definition) is 5. The zero-order valence-electron chi connectivity index (χ0n) is 18.2. The molecule has 2 aliphatic rings. The van der Waals surface area contributed by atoms with Gasteiger partial charge in [0, 0.05) is 26.2 Å². The molecule has 1 amide bonds. The third-order valence-electron chi connectivity index (χ3n) is 6.68. The van der Waals surface area contributed by atoms with E-state index in [9.17, 15) is 31.2 Å². The van der Waals surface area contributed by atoms with E-state index in [1.807, 2.05) is 0 Å². The van der Waals surface area contributed by atoms with Gasteiger partial charge in [-0.05, 0) is 68.3 Å². The minimum Gasteiger partial charge on any atom is -0.465 e. The Balaban J connectivity index is 1.55. The molecule has 8 nitrogen and oxygen atoms in total. The van der Waals surface area contributed by atoms with Gasteiger partial charge in [-0.25, -0.2) is 13.2 Å². The quantitative estimate of drug-likeness (QED) is 0.406. The Bertz CT molecular complexity index is 955. The Morgan fingerprint density at radius 1 is 1.27 bits per heavy atom. The molecule has 1 saturated heterocycles. The van der Waals surface area contributed by atoms with E-state index in [-0.39, 0.29) is 22.8 Å². The molecule has 0 unspecified atom stereocenters. The van der Waals surface area contributed by atoms with Gasteiger partial charge in [0.2, 0.25) is 10.0 Å². The summed E-state index contributed by atoms with van der Waals surface area (Å²) in [7, 11) is -2.54. The van der Waals surface area contributed by atoms with Crippen LogP contribution in [0, 0.1) is 11.8 Å². The van der Waals surface area contributed by atoms with Crippen molar-refractivity contribution in [1.29, 1.82) is 0 Å². The van der Waals surface area contributed by atoms with Crippen molar-refractivity contribution >= 4 is 22.4 Å². The van der Waals surface area contributed by atoms with Gasteiger partial charge in [0.15, 0.2) is 0 Å². The normalized spacial score (nSPS) is 24.4. The van der Waals surface area contributed by atoms with Crippen molar-refractivity contribution in [1.82, 2.24) is 14.5 Å². The van der Waals surface area contributed by atoms with Crippen molar-refractivity contribution < 1.29 is 36.3 Å². The number of nitrogens with one attached hydrogen (secondary N) is 1. The molecular weight excluding hydrogens is 463 g/mol. The van der Waals surface area contributed by atoms with E-state index in [4.69, 9.17) is 5.11 Å². The van der Waals surface area contributed by atoms with E-state index in [1.54, 1.807) is 0 Å². The lowest BCUT2D eigenvalue weighted by Gasteiger charge is -2.23. The lowest BCUT2D eigenvalue weighted by molar-refractivity contribution is -0.137. The van der Waals surface area contributed by atoms with Crippen LogP contribution >= 0.6 is 0 Å². The summed E-state index contributed by atoms with van der Waals surface area (Å²) in [5, 5.41) is 12.4. The minimum atomic E-state index is -4.53. The van der Waals surface area contributed by atoms with Crippen LogP contribution in [0.15, 0.2) is 29.2 Å². The van der Waals surface area contributed by atoms with Gasteiger partial charge < -0.3 is 20.1 Å². The van der Waals surface area contributed by atoms with Crippen LogP contribution < -0.4 is 5.32 Å². The second kappa shape index (κ2) is 9.98. The number of amides is 1. The molecule has 1 saturated carbocycles. The van der Waals surface area contributed by atoms with Gasteiger partial charge in [-0.2, -0.15) is 17.5 Å². The molecule has 0 aromatic heterocycles. The molecule has 0 spiro atoms. The lowest BCUT2D eigenvalue weighted by Crippen LogP contribution is -2.39. The highest BCUT2D eigenvalue weighted by Gasteiger charge is 2.46. The average molecular weight is 492 g/mol. The number of alkyl halides is 3. The first kappa shape index (κ1) is 25.4. The van der Waals surface area contributed by atoms with Gasteiger partial charge in [-0.1, -0.05) is 0 Å². The highest BCUT2D eigenvalue weighted by Crippen LogP contribution is 2.40. The number of halogens is 3. The molecule has 0 radical (unpaired) electrons. The number of hydrogen-bond donors (Lipinski definition) is 2. The van der Waals surface area contributed by atoms with Crippen molar-refractivity contribution in [2.24, 2.45) is 11.8 Å². The van der Waals surface area contributed by atoms with Crippen LogP contribution in [0.25, 0.3) is 0 Å². The Morgan fingerprint density at radius 3 is 2.52 bits per heavy atom. The zero-order valence-corrected chi connectivity index (χ0v) is 19.0. The molecule has 4 atom stereocenters. The van der Waals surface area contributed by atoms with Crippen LogP contribution in [-0.2, 0) is 21.0 Å². The summed E-state index contributed by atoms with van der Waals surface area (Å²) in [5.41, 5.74) is -0.893. The summed E-state index contributed by atoms with van der Waals surface area (Å²) in [6, 6.07) is 2.94. The zero-order chi connectivity index (χ0) is 24.4. The molecule has 33 heavy (non-hydrogen) atoms. The molecule has 1 aromatic carbocycles. The number of likely N-dealkylation sites (N-methyl/N-ethyl adjacent to an activating group) is 1. The Labute approximate surface area is 190 Å². The van der Waals surface area contributed by atoms with Crippen LogP contribution in [0.2, 0.25) is 0 Å². The second-order valence-corrected chi connectivity index (χ2v) is 10.6. The summed E-state index contributed by atoms with van der Waals surface area (Å²) < 4.78 is 65.6. The van der Waals surface area contributed by atoms with Gasteiger partial charge in [-0.3, -0.25) is 0 Å². The number of fused-ring (bicyclic) bond motifs is 1. The van der Waals surface area contributed by atoms with Gasteiger partial charge in [0.05, 0.1) is 16.5 Å². The van der Waals surface area contributed by atoms with Crippen molar-refractivity contribution in [3.8, 4) is 0 Å².